The van der Waals surface area contributed by atoms with Gasteiger partial charge in [-0.3, -0.25) is 4.79 Å². The lowest BCUT2D eigenvalue weighted by molar-refractivity contribution is -0.118. The standard InChI is InChI=1S/C18H25N3O3/c1-14-13-24-12-11-20(14)18(23)19-9-8-17(22)21-10-4-6-15-5-2-3-7-16(15)21/h2-3,5,7,14H,4,6,8-13H2,1H3,(H,19,23). The molecule has 1 aromatic rings. The van der Waals surface area contributed by atoms with E-state index in [0.717, 1.165) is 25.1 Å². The third-order valence-electron chi connectivity index (χ3n) is 4.65. The molecule has 6 nitrogen and oxygen atoms in total. The topological polar surface area (TPSA) is 61.9 Å². The minimum atomic E-state index is -0.113. The number of nitrogens with one attached hydrogen (secondary N) is 1. The van der Waals surface area contributed by atoms with Crippen LogP contribution in [-0.4, -0.2) is 55.7 Å². The first-order valence-corrected chi connectivity index (χ1v) is 8.67. The number of carbonyl (C=O) groups excluding carboxylic acids is 2. The van der Waals surface area contributed by atoms with E-state index in [9.17, 15) is 9.59 Å². The van der Waals surface area contributed by atoms with Crippen LogP contribution in [0, 0.1) is 0 Å². The molecule has 2 heterocycles. The summed E-state index contributed by atoms with van der Waals surface area (Å²) < 4.78 is 5.34. The van der Waals surface area contributed by atoms with Crippen LogP contribution in [0.2, 0.25) is 0 Å². The minimum absolute atomic E-state index is 0.0671. The summed E-state index contributed by atoms with van der Waals surface area (Å²) in [6, 6.07) is 8.01. The summed E-state index contributed by atoms with van der Waals surface area (Å²) in [4.78, 5) is 28.3. The minimum Gasteiger partial charge on any atom is -0.377 e. The van der Waals surface area contributed by atoms with E-state index in [1.54, 1.807) is 4.90 Å². The molecule has 1 saturated heterocycles. The molecule has 24 heavy (non-hydrogen) atoms. The third kappa shape index (κ3) is 3.70. The fourth-order valence-corrected chi connectivity index (χ4v) is 3.33. The van der Waals surface area contributed by atoms with Crippen molar-refractivity contribution in [2.24, 2.45) is 0 Å². The molecule has 1 unspecified atom stereocenters. The van der Waals surface area contributed by atoms with Crippen LogP contribution in [0.25, 0.3) is 0 Å². The maximum atomic E-state index is 12.5. The van der Waals surface area contributed by atoms with E-state index in [0.29, 0.717) is 32.7 Å². The van der Waals surface area contributed by atoms with E-state index in [2.05, 4.69) is 11.4 Å². The number of anilines is 1. The average Bonchev–Trinajstić information content (AvgIpc) is 2.61. The van der Waals surface area contributed by atoms with Crippen molar-refractivity contribution in [3.63, 3.8) is 0 Å². The molecule has 2 aliphatic heterocycles. The summed E-state index contributed by atoms with van der Waals surface area (Å²) in [7, 11) is 0. The number of fused-ring (bicyclic) bond motifs is 1. The van der Waals surface area contributed by atoms with Crippen LogP contribution in [0.5, 0.6) is 0 Å². The third-order valence-corrected chi connectivity index (χ3v) is 4.65. The summed E-state index contributed by atoms with van der Waals surface area (Å²) in [5.41, 5.74) is 2.24. The van der Waals surface area contributed by atoms with Gasteiger partial charge in [0.15, 0.2) is 0 Å². The maximum absolute atomic E-state index is 12.5. The normalized spacial score (nSPS) is 20.5. The molecule has 3 amide bonds. The first-order chi connectivity index (χ1) is 11.7. The van der Waals surface area contributed by atoms with Crippen LogP contribution in [0.1, 0.15) is 25.3 Å². The Kier molecular flexibility index (Phi) is 5.35. The lowest BCUT2D eigenvalue weighted by Gasteiger charge is -2.33. The van der Waals surface area contributed by atoms with Crippen molar-refractivity contribution < 1.29 is 14.3 Å². The predicted molar refractivity (Wildman–Crippen MR) is 92.1 cm³/mol. The molecule has 130 valence electrons. The smallest absolute Gasteiger partial charge is 0.317 e. The van der Waals surface area contributed by atoms with Gasteiger partial charge >= 0.3 is 6.03 Å². The van der Waals surface area contributed by atoms with Gasteiger partial charge in [-0.05, 0) is 31.4 Å². The van der Waals surface area contributed by atoms with Crippen molar-refractivity contribution in [2.45, 2.75) is 32.2 Å². The fraction of sp³-hybridized carbons (Fsp3) is 0.556. The largest absolute Gasteiger partial charge is 0.377 e. The molecular formula is C18H25N3O3. The van der Waals surface area contributed by atoms with Gasteiger partial charge in [-0.2, -0.15) is 0 Å². The predicted octanol–water partition coefficient (Wildman–Crippen LogP) is 1.79. The van der Waals surface area contributed by atoms with Gasteiger partial charge in [-0.1, -0.05) is 18.2 Å². The Morgan fingerprint density at radius 1 is 1.29 bits per heavy atom. The molecular weight excluding hydrogens is 306 g/mol. The number of benzene rings is 1. The number of amides is 3. The molecule has 1 fully saturated rings. The second kappa shape index (κ2) is 7.66. The van der Waals surface area contributed by atoms with Gasteiger partial charge in [0.05, 0.1) is 19.3 Å². The fourth-order valence-electron chi connectivity index (χ4n) is 3.33. The second-order valence-electron chi connectivity index (χ2n) is 6.38. The van der Waals surface area contributed by atoms with E-state index < -0.39 is 0 Å². The molecule has 0 saturated carbocycles. The molecule has 1 N–H and O–H groups in total. The molecule has 0 radical (unpaired) electrons. The van der Waals surface area contributed by atoms with E-state index in [-0.39, 0.29) is 18.0 Å². The highest BCUT2D eigenvalue weighted by Crippen LogP contribution is 2.27. The van der Waals surface area contributed by atoms with Crippen molar-refractivity contribution >= 4 is 17.6 Å². The number of nitrogens with zero attached hydrogens (tertiary/aromatic N) is 2. The van der Waals surface area contributed by atoms with Crippen LogP contribution in [0.4, 0.5) is 10.5 Å². The van der Waals surface area contributed by atoms with E-state index >= 15 is 0 Å². The molecule has 1 atom stereocenters. The zero-order valence-electron chi connectivity index (χ0n) is 14.2. The van der Waals surface area contributed by atoms with Crippen molar-refractivity contribution in [3.05, 3.63) is 29.8 Å². The maximum Gasteiger partial charge on any atom is 0.317 e. The number of morpholine rings is 1. The van der Waals surface area contributed by atoms with Crippen LogP contribution in [0.15, 0.2) is 24.3 Å². The van der Waals surface area contributed by atoms with E-state index in [1.807, 2.05) is 30.0 Å². The zero-order chi connectivity index (χ0) is 16.9. The molecule has 0 aromatic heterocycles. The average molecular weight is 331 g/mol. The number of para-hydroxylation sites is 1. The van der Waals surface area contributed by atoms with Crippen molar-refractivity contribution in [3.8, 4) is 0 Å². The monoisotopic (exact) mass is 331 g/mol. The number of hydrogen-bond acceptors (Lipinski definition) is 3. The van der Waals surface area contributed by atoms with Crippen LogP contribution in [-0.2, 0) is 16.0 Å². The second-order valence-corrected chi connectivity index (χ2v) is 6.38. The summed E-state index contributed by atoms with van der Waals surface area (Å²) in [5, 5.41) is 2.86. The Hall–Kier alpha value is -2.08. The summed E-state index contributed by atoms with van der Waals surface area (Å²) in [6.45, 7) is 4.82. The highest BCUT2D eigenvalue weighted by Gasteiger charge is 2.25. The molecule has 0 aliphatic carbocycles. The SMILES string of the molecule is CC1COCCN1C(=O)NCCC(=O)N1CCCc2ccccc21. The summed E-state index contributed by atoms with van der Waals surface area (Å²) in [6.07, 6.45) is 2.32. The van der Waals surface area contributed by atoms with Crippen LogP contribution in [0.3, 0.4) is 0 Å². The van der Waals surface area contributed by atoms with Gasteiger partial charge in [-0.25, -0.2) is 4.79 Å². The number of hydrogen-bond donors (Lipinski definition) is 1. The first-order valence-electron chi connectivity index (χ1n) is 8.67. The van der Waals surface area contributed by atoms with Gasteiger partial charge in [0.25, 0.3) is 0 Å². The molecule has 0 spiro atoms. The summed E-state index contributed by atoms with van der Waals surface area (Å²) in [5.74, 6) is 0.0671. The van der Waals surface area contributed by atoms with Gasteiger partial charge < -0.3 is 19.9 Å². The van der Waals surface area contributed by atoms with E-state index in [1.165, 1.54) is 5.56 Å². The number of urea groups is 1. The Morgan fingerprint density at radius 3 is 2.96 bits per heavy atom. The highest BCUT2D eigenvalue weighted by atomic mass is 16.5. The summed E-state index contributed by atoms with van der Waals surface area (Å²) >= 11 is 0. The molecule has 6 heteroatoms. The van der Waals surface area contributed by atoms with Crippen LogP contribution >= 0.6 is 0 Å². The first kappa shape index (κ1) is 16.8. The van der Waals surface area contributed by atoms with Crippen molar-refractivity contribution in [1.29, 1.82) is 0 Å². The van der Waals surface area contributed by atoms with Crippen molar-refractivity contribution in [2.75, 3.05) is 37.7 Å². The Bertz CT molecular complexity index is 605. The molecule has 3 rings (SSSR count). The van der Waals surface area contributed by atoms with Crippen molar-refractivity contribution in [1.82, 2.24) is 10.2 Å². The Morgan fingerprint density at radius 2 is 2.12 bits per heavy atom. The number of carbonyl (C=O) groups is 2. The number of aryl methyl sites for hydroxylation is 1. The van der Waals surface area contributed by atoms with Gasteiger partial charge in [0.1, 0.15) is 0 Å². The van der Waals surface area contributed by atoms with Crippen LogP contribution < -0.4 is 10.2 Å². The molecule has 0 bridgehead atoms. The van der Waals surface area contributed by atoms with Gasteiger partial charge in [-0.15, -0.1) is 0 Å². The Labute approximate surface area is 142 Å². The zero-order valence-corrected chi connectivity index (χ0v) is 14.2. The number of ether oxygens (including phenoxy) is 1. The molecule has 1 aromatic carbocycles. The Balaban J connectivity index is 1.50. The quantitative estimate of drug-likeness (QED) is 0.918. The van der Waals surface area contributed by atoms with Gasteiger partial charge in [0.2, 0.25) is 5.91 Å². The number of rotatable bonds is 3. The van der Waals surface area contributed by atoms with E-state index in [4.69, 9.17) is 4.74 Å². The lowest BCUT2D eigenvalue weighted by atomic mass is 10.0. The molecule has 2 aliphatic rings. The van der Waals surface area contributed by atoms with Gasteiger partial charge in [0, 0.05) is 31.7 Å². The lowest BCUT2D eigenvalue weighted by Crippen LogP contribution is -2.51. The highest BCUT2D eigenvalue weighted by molar-refractivity contribution is 5.94.